The van der Waals surface area contributed by atoms with Crippen LogP contribution in [0.3, 0.4) is 0 Å². The van der Waals surface area contributed by atoms with E-state index in [4.69, 9.17) is 10.5 Å². The van der Waals surface area contributed by atoms with Crippen LogP contribution >= 0.6 is 0 Å². The van der Waals surface area contributed by atoms with Gasteiger partial charge in [-0.2, -0.15) is 0 Å². The number of nitrogens with zero attached hydrogens (tertiary/aromatic N) is 1. The number of aryl methyl sites for hydroxylation is 2. The predicted molar refractivity (Wildman–Crippen MR) is 167 cm³/mol. The van der Waals surface area contributed by atoms with Crippen LogP contribution in [0.2, 0.25) is 0 Å². The van der Waals surface area contributed by atoms with Crippen LogP contribution in [0.5, 0.6) is 5.75 Å². The molecule has 0 heterocycles. The fraction of sp³-hybridized carbons (Fsp3) is 0.515. The molecule has 10 heteroatoms. The van der Waals surface area contributed by atoms with Gasteiger partial charge < -0.3 is 31.1 Å². The van der Waals surface area contributed by atoms with Crippen molar-refractivity contribution in [2.75, 3.05) is 11.9 Å². The minimum absolute atomic E-state index is 0.0603. The molecule has 0 spiro atoms. The van der Waals surface area contributed by atoms with Crippen molar-refractivity contribution in [3.05, 3.63) is 59.2 Å². The Morgan fingerprint density at radius 1 is 0.977 bits per heavy atom. The molecule has 0 aliphatic rings. The van der Waals surface area contributed by atoms with Gasteiger partial charge in [0.15, 0.2) is 0 Å². The number of hydrogen-bond donors (Lipinski definition) is 4. The number of alkyl carbamates (subject to hydrolysis) is 1. The molecule has 2 aromatic carbocycles. The van der Waals surface area contributed by atoms with Gasteiger partial charge in [-0.05, 0) is 76.3 Å². The molecule has 0 saturated heterocycles. The monoisotopic (exact) mass is 596 g/mol. The molecule has 10 nitrogen and oxygen atoms in total. The third kappa shape index (κ3) is 11.6. The normalized spacial score (nSPS) is 12.6. The summed E-state index contributed by atoms with van der Waals surface area (Å²) in [4.78, 5) is 54.4. The average molecular weight is 597 g/mol. The molecule has 2 aromatic rings. The van der Waals surface area contributed by atoms with Crippen LogP contribution in [0.4, 0.5) is 10.5 Å². The number of primary amides is 1. The number of unbranched alkanes of at least 4 members (excludes halogenated alkanes) is 4. The lowest BCUT2D eigenvalue weighted by atomic mass is 9.99. The van der Waals surface area contributed by atoms with E-state index in [9.17, 15) is 24.3 Å². The van der Waals surface area contributed by atoms with Crippen molar-refractivity contribution in [3.63, 3.8) is 0 Å². The number of phenols is 1. The summed E-state index contributed by atoms with van der Waals surface area (Å²) in [5, 5.41) is 15.9. The molecule has 2 rings (SSSR count). The zero-order chi connectivity index (χ0) is 32.2. The van der Waals surface area contributed by atoms with Crippen LogP contribution in [-0.4, -0.2) is 52.0 Å². The number of phenolic OH excluding ortho intramolecular Hbond substituents is 1. The molecule has 0 bridgehead atoms. The first-order valence-corrected chi connectivity index (χ1v) is 15.0. The molecule has 236 valence electrons. The van der Waals surface area contributed by atoms with Crippen molar-refractivity contribution in [1.29, 1.82) is 0 Å². The SMILES string of the molecule is CCCCCCCN(C(=O)C(CCC(N)=O)NC(=O)OC(C)(C)C)C(C(=O)Nc1c(C)cccc1C)c1cccc(O)c1. The highest BCUT2D eigenvalue weighted by atomic mass is 16.6. The van der Waals surface area contributed by atoms with Gasteiger partial charge >= 0.3 is 6.09 Å². The Balaban J connectivity index is 2.58. The maximum Gasteiger partial charge on any atom is 0.408 e. The predicted octanol–water partition coefficient (Wildman–Crippen LogP) is 5.65. The summed E-state index contributed by atoms with van der Waals surface area (Å²) in [6.07, 6.45) is 3.41. The Kier molecular flexibility index (Phi) is 13.5. The lowest BCUT2D eigenvalue weighted by Gasteiger charge is -2.35. The van der Waals surface area contributed by atoms with Gasteiger partial charge in [0.25, 0.3) is 5.91 Å². The van der Waals surface area contributed by atoms with Gasteiger partial charge in [0, 0.05) is 18.7 Å². The average Bonchev–Trinajstić information content (AvgIpc) is 2.90. The summed E-state index contributed by atoms with van der Waals surface area (Å²) in [5.74, 6) is -1.73. The standard InChI is InChI=1S/C33H48N4O6/c1-7-8-9-10-11-20-37(31(41)26(18-19-27(34)39)35-32(42)43-33(4,5)6)29(24-16-13-17-25(38)21-24)30(40)36-28-22(2)14-12-15-23(28)3/h12-17,21,26,29,38H,7-11,18-20H2,1-6H3,(H2,34,39)(H,35,42)(H,36,40). The van der Waals surface area contributed by atoms with Gasteiger partial charge in [0.05, 0.1) is 0 Å². The number of para-hydroxylation sites is 1. The molecular weight excluding hydrogens is 548 g/mol. The number of carbonyl (C=O) groups excluding carboxylic acids is 4. The zero-order valence-electron chi connectivity index (χ0n) is 26.4. The summed E-state index contributed by atoms with van der Waals surface area (Å²) >= 11 is 0. The highest BCUT2D eigenvalue weighted by molar-refractivity contribution is 6.00. The highest BCUT2D eigenvalue weighted by Crippen LogP contribution is 2.29. The van der Waals surface area contributed by atoms with E-state index >= 15 is 0 Å². The van der Waals surface area contributed by atoms with Gasteiger partial charge in [-0.15, -0.1) is 0 Å². The quantitative estimate of drug-likeness (QED) is 0.195. The maximum absolute atomic E-state index is 14.3. The van der Waals surface area contributed by atoms with Gasteiger partial charge in [-0.3, -0.25) is 14.4 Å². The summed E-state index contributed by atoms with van der Waals surface area (Å²) in [5.41, 5.74) is 7.32. The Bertz CT molecular complexity index is 1240. The number of aromatic hydroxyl groups is 1. The lowest BCUT2D eigenvalue weighted by Crippen LogP contribution is -2.53. The third-order valence-corrected chi connectivity index (χ3v) is 6.93. The van der Waals surface area contributed by atoms with Crippen LogP contribution in [0, 0.1) is 13.8 Å². The highest BCUT2D eigenvalue weighted by Gasteiger charge is 2.36. The molecule has 0 saturated carbocycles. The molecular formula is C33H48N4O6. The number of benzene rings is 2. The van der Waals surface area contributed by atoms with Crippen LogP contribution in [0.1, 0.15) is 95.4 Å². The number of amides is 4. The number of carbonyl (C=O) groups is 4. The minimum Gasteiger partial charge on any atom is -0.508 e. The summed E-state index contributed by atoms with van der Waals surface area (Å²) in [7, 11) is 0. The Hall–Kier alpha value is -4.08. The molecule has 4 amide bonds. The number of hydrogen-bond acceptors (Lipinski definition) is 6. The van der Waals surface area contributed by atoms with E-state index in [1.807, 2.05) is 32.0 Å². The summed E-state index contributed by atoms with van der Waals surface area (Å²) < 4.78 is 5.39. The van der Waals surface area contributed by atoms with Crippen molar-refractivity contribution in [2.45, 2.75) is 104 Å². The van der Waals surface area contributed by atoms with Crippen molar-refractivity contribution in [3.8, 4) is 5.75 Å². The number of ether oxygens (including phenoxy) is 1. The molecule has 0 aliphatic heterocycles. The first-order valence-electron chi connectivity index (χ1n) is 15.0. The number of nitrogens with one attached hydrogen (secondary N) is 2. The van der Waals surface area contributed by atoms with Gasteiger partial charge in [-0.25, -0.2) is 4.79 Å². The second kappa shape index (κ2) is 16.5. The van der Waals surface area contributed by atoms with E-state index in [2.05, 4.69) is 17.6 Å². The zero-order valence-corrected chi connectivity index (χ0v) is 26.4. The van der Waals surface area contributed by atoms with E-state index in [1.54, 1.807) is 32.9 Å². The number of nitrogens with two attached hydrogens (primary N) is 1. The maximum atomic E-state index is 14.3. The topological polar surface area (TPSA) is 151 Å². The van der Waals surface area contributed by atoms with Crippen molar-refractivity contribution < 1.29 is 29.0 Å². The van der Waals surface area contributed by atoms with Crippen LogP contribution in [0.25, 0.3) is 0 Å². The summed E-state index contributed by atoms with van der Waals surface area (Å²) in [6.45, 7) is 11.2. The number of rotatable bonds is 15. The fourth-order valence-electron chi connectivity index (χ4n) is 4.82. The molecule has 0 fully saturated rings. The number of anilines is 1. The summed E-state index contributed by atoms with van der Waals surface area (Å²) in [6, 6.07) is 9.54. The molecule has 0 aliphatic carbocycles. The first kappa shape index (κ1) is 35.1. The van der Waals surface area contributed by atoms with Gasteiger partial charge in [0.2, 0.25) is 11.8 Å². The van der Waals surface area contributed by atoms with Crippen LogP contribution in [0.15, 0.2) is 42.5 Å². The largest absolute Gasteiger partial charge is 0.508 e. The van der Waals surface area contributed by atoms with Crippen molar-refractivity contribution >= 4 is 29.5 Å². The van der Waals surface area contributed by atoms with E-state index in [-0.39, 0.29) is 25.1 Å². The first-order chi connectivity index (χ1) is 20.2. The van der Waals surface area contributed by atoms with Crippen LogP contribution in [-0.2, 0) is 19.1 Å². The molecule has 5 N–H and O–H groups in total. The van der Waals surface area contributed by atoms with Crippen molar-refractivity contribution in [1.82, 2.24) is 10.2 Å². The van der Waals surface area contributed by atoms with Crippen LogP contribution < -0.4 is 16.4 Å². The fourth-order valence-corrected chi connectivity index (χ4v) is 4.82. The van der Waals surface area contributed by atoms with Gasteiger partial charge in [0.1, 0.15) is 23.4 Å². The minimum atomic E-state index is -1.19. The lowest BCUT2D eigenvalue weighted by molar-refractivity contribution is -0.141. The van der Waals surface area contributed by atoms with E-state index in [0.29, 0.717) is 17.7 Å². The molecule has 2 unspecified atom stereocenters. The Morgan fingerprint density at radius 2 is 1.60 bits per heavy atom. The van der Waals surface area contributed by atoms with E-state index < -0.39 is 41.5 Å². The smallest absolute Gasteiger partial charge is 0.408 e. The second-order valence-electron chi connectivity index (χ2n) is 11.9. The van der Waals surface area contributed by atoms with E-state index in [1.165, 1.54) is 17.0 Å². The molecule has 0 aromatic heterocycles. The van der Waals surface area contributed by atoms with Crippen molar-refractivity contribution in [2.24, 2.45) is 5.73 Å². The molecule has 43 heavy (non-hydrogen) atoms. The Morgan fingerprint density at radius 3 is 2.19 bits per heavy atom. The van der Waals surface area contributed by atoms with Gasteiger partial charge in [-0.1, -0.05) is 62.9 Å². The molecule has 2 atom stereocenters. The van der Waals surface area contributed by atoms with E-state index in [0.717, 1.165) is 36.8 Å². The molecule has 0 radical (unpaired) electrons. The Labute approximate surface area is 255 Å². The third-order valence-electron chi connectivity index (χ3n) is 6.93. The second-order valence-corrected chi connectivity index (χ2v) is 11.9.